The number of benzene rings is 1. The fourth-order valence-electron chi connectivity index (χ4n) is 2.07. The smallest absolute Gasteiger partial charge is 0.213 e. The Morgan fingerprint density at radius 1 is 1.04 bits per heavy atom. The van der Waals surface area contributed by atoms with E-state index in [1.807, 2.05) is 42.5 Å². The molecule has 25 heavy (non-hydrogen) atoms. The van der Waals surface area contributed by atoms with Crippen LogP contribution in [0, 0.1) is 0 Å². The summed E-state index contributed by atoms with van der Waals surface area (Å²) in [6, 6.07) is 13.5. The maximum Gasteiger partial charge on any atom is 0.213 e. The SMILES string of the molecule is CCCNC(=NC)NCc1ccc(OCCOc2ccccc2)nc1. The van der Waals surface area contributed by atoms with Gasteiger partial charge in [-0.25, -0.2) is 4.98 Å². The van der Waals surface area contributed by atoms with Gasteiger partial charge in [-0.3, -0.25) is 4.99 Å². The van der Waals surface area contributed by atoms with Crippen LogP contribution >= 0.6 is 0 Å². The minimum atomic E-state index is 0.451. The van der Waals surface area contributed by atoms with Crippen molar-refractivity contribution in [3.63, 3.8) is 0 Å². The molecular formula is C19H26N4O2. The van der Waals surface area contributed by atoms with Crippen molar-refractivity contribution in [3.05, 3.63) is 54.2 Å². The highest BCUT2D eigenvalue weighted by atomic mass is 16.5. The van der Waals surface area contributed by atoms with E-state index in [-0.39, 0.29) is 0 Å². The van der Waals surface area contributed by atoms with Crippen LogP contribution in [0.2, 0.25) is 0 Å². The molecule has 6 heteroatoms. The first-order valence-corrected chi connectivity index (χ1v) is 8.52. The van der Waals surface area contributed by atoms with Crippen molar-refractivity contribution in [1.29, 1.82) is 0 Å². The van der Waals surface area contributed by atoms with Crippen LogP contribution in [0.1, 0.15) is 18.9 Å². The minimum Gasteiger partial charge on any atom is -0.490 e. The predicted octanol–water partition coefficient (Wildman–Crippen LogP) is 2.61. The number of aromatic nitrogens is 1. The third kappa shape index (κ3) is 7.12. The van der Waals surface area contributed by atoms with E-state index in [0.717, 1.165) is 30.2 Å². The number of pyridine rings is 1. The van der Waals surface area contributed by atoms with Gasteiger partial charge in [-0.2, -0.15) is 0 Å². The van der Waals surface area contributed by atoms with Gasteiger partial charge >= 0.3 is 0 Å². The van der Waals surface area contributed by atoms with Crippen LogP contribution in [0.15, 0.2) is 53.7 Å². The van der Waals surface area contributed by atoms with Crippen LogP contribution in [0.5, 0.6) is 11.6 Å². The Morgan fingerprint density at radius 3 is 2.52 bits per heavy atom. The molecule has 6 nitrogen and oxygen atoms in total. The summed E-state index contributed by atoms with van der Waals surface area (Å²) < 4.78 is 11.2. The molecule has 2 rings (SSSR count). The third-order valence-corrected chi connectivity index (χ3v) is 3.37. The summed E-state index contributed by atoms with van der Waals surface area (Å²) in [4.78, 5) is 8.48. The van der Waals surface area contributed by atoms with Crippen molar-refractivity contribution >= 4 is 5.96 Å². The van der Waals surface area contributed by atoms with Crippen molar-refractivity contribution in [3.8, 4) is 11.6 Å². The molecule has 0 fully saturated rings. The van der Waals surface area contributed by atoms with Gasteiger partial charge in [0.1, 0.15) is 19.0 Å². The number of guanidine groups is 1. The molecule has 1 aromatic carbocycles. The van der Waals surface area contributed by atoms with E-state index >= 15 is 0 Å². The van der Waals surface area contributed by atoms with Crippen molar-refractivity contribution in [2.75, 3.05) is 26.8 Å². The second-order valence-electron chi connectivity index (χ2n) is 5.37. The molecule has 0 amide bonds. The molecule has 1 heterocycles. The number of aliphatic imine (C=N–C) groups is 1. The van der Waals surface area contributed by atoms with E-state index in [4.69, 9.17) is 9.47 Å². The summed E-state index contributed by atoms with van der Waals surface area (Å²) >= 11 is 0. The summed E-state index contributed by atoms with van der Waals surface area (Å²) in [5.41, 5.74) is 1.06. The molecule has 0 unspecified atom stereocenters. The highest BCUT2D eigenvalue weighted by Crippen LogP contribution is 2.09. The molecule has 0 aliphatic carbocycles. The molecule has 0 radical (unpaired) electrons. The second kappa shape index (κ2) is 10.9. The van der Waals surface area contributed by atoms with Crippen LogP contribution in [-0.4, -0.2) is 37.7 Å². The van der Waals surface area contributed by atoms with Gasteiger partial charge < -0.3 is 20.1 Å². The summed E-state index contributed by atoms with van der Waals surface area (Å²) in [5, 5.41) is 6.48. The number of rotatable bonds is 9. The Kier molecular flexibility index (Phi) is 8.11. The number of para-hydroxylation sites is 1. The number of hydrogen-bond acceptors (Lipinski definition) is 4. The lowest BCUT2D eigenvalue weighted by Crippen LogP contribution is -2.37. The molecule has 0 bridgehead atoms. The molecular weight excluding hydrogens is 316 g/mol. The molecule has 134 valence electrons. The summed E-state index contributed by atoms with van der Waals surface area (Å²) in [5.74, 6) is 2.22. The molecule has 0 atom stereocenters. The van der Waals surface area contributed by atoms with E-state index in [9.17, 15) is 0 Å². The molecule has 0 spiro atoms. The third-order valence-electron chi connectivity index (χ3n) is 3.37. The molecule has 2 aromatic rings. The van der Waals surface area contributed by atoms with Crippen LogP contribution in [-0.2, 0) is 6.54 Å². The van der Waals surface area contributed by atoms with E-state index in [2.05, 4.69) is 27.5 Å². The predicted molar refractivity (Wildman–Crippen MR) is 100 cm³/mol. The lowest BCUT2D eigenvalue weighted by atomic mass is 10.3. The minimum absolute atomic E-state index is 0.451. The number of hydrogen-bond donors (Lipinski definition) is 2. The van der Waals surface area contributed by atoms with E-state index in [1.165, 1.54) is 0 Å². The fourth-order valence-corrected chi connectivity index (χ4v) is 2.07. The summed E-state index contributed by atoms with van der Waals surface area (Å²) in [6.07, 6.45) is 2.86. The highest BCUT2D eigenvalue weighted by Gasteiger charge is 2.00. The van der Waals surface area contributed by atoms with Gasteiger partial charge in [-0.1, -0.05) is 31.2 Å². The zero-order valence-electron chi connectivity index (χ0n) is 14.9. The van der Waals surface area contributed by atoms with Gasteiger partial charge in [0.2, 0.25) is 5.88 Å². The van der Waals surface area contributed by atoms with Gasteiger partial charge in [0.25, 0.3) is 0 Å². The molecule has 0 aliphatic rings. The average Bonchev–Trinajstić information content (AvgIpc) is 2.67. The maximum absolute atomic E-state index is 5.59. The molecule has 0 aliphatic heterocycles. The van der Waals surface area contributed by atoms with E-state index in [0.29, 0.717) is 25.6 Å². The van der Waals surface area contributed by atoms with Crippen molar-refractivity contribution < 1.29 is 9.47 Å². The van der Waals surface area contributed by atoms with Gasteiger partial charge in [-0.15, -0.1) is 0 Å². The normalized spacial score (nSPS) is 11.0. The highest BCUT2D eigenvalue weighted by molar-refractivity contribution is 5.79. The standard InChI is InChI=1S/C19H26N4O2/c1-3-11-21-19(20-2)23-15-16-9-10-18(22-14-16)25-13-12-24-17-7-5-4-6-8-17/h4-10,14H,3,11-13,15H2,1-2H3,(H2,20,21,23). The fraction of sp³-hybridized carbons (Fsp3) is 0.368. The first-order chi connectivity index (χ1) is 12.3. The number of nitrogens with one attached hydrogen (secondary N) is 2. The van der Waals surface area contributed by atoms with Crippen LogP contribution in [0.25, 0.3) is 0 Å². The largest absolute Gasteiger partial charge is 0.490 e. The van der Waals surface area contributed by atoms with Crippen molar-refractivity contribution in [2.45, 2.75) is 19.9 Å². The molecule has 2 N–H and O–H groups in total. The Labute approximate surface area is 149 Å². The molecule has 0 saturated heterocycles. The molecule has 1 aromatic heterocycles. The lowest BCUT2D eigenvalue weighted by molar-refractivity contribution is 0.212. The zero-order chi connectivity index (χ0) is 17.7. The first-order valence-electron chi connectivity index (χ1n) is 8.52. The van der Waals surface area contributed by atoms with Crippen molar-refractivity contribution in [2.24, 2.45) is 4.99 Å². The second-order valence-corrected chi connectivity index (χ2v) is 5.37. The Balaban J connectivity index is 1.68. The van der Waals surface area contributed by atoms with Gasteiger partial charge in [0.05, 0.1) is 0 Å². The first kappa shape index (κ1) is 18.6. The Bertz CT molecular complexity index is 630. The van der Waals surface area contributed by atoms with Crippen LogP contribution in [0.4, 0.5) is 0 Å². The Hall–Kier alpha value is -2.76. The quantitative estimate of drug-likeness (QED) is 0.416. The zero-order valence-corrected chi connectivity index (χ0v) is 14.9. The van der Waals surface area contributed by atoms with Gasteiger partial charge in [-0.05, 0) is 24.1 Å². The van der Waals surface area contributed by atoms with E-state index in [1.54, 1.807) is 13.2 Å². The van der Waals surface area contributed by atoms with Gasteiger partial charge in [0, 0.05) is 32.4 Å². The summed E-state index contributed by atoms with van der Waals surface area (Å²) in [7, 11) is 1.76. The number of ether oxygens (including phenoxy) is 2. The van der Waals surface area contributed by atoms with Crippen molar-refractivity contribution in [1.82, 2.24) is 15.6 Å². The maximum atomic E-state index is 5.59. The molecule has 0 saturated carbocycles. The van der Waals surface area contributed by atoms with Gasteiger partial charge in [0.15, 0.2) is 5.96 Å². The van der Waals surface area contributed by atoms with Crippen LogP contribution in [0.3, 0.4) is 0 Å². The topological polar surface area (TPSA) is 67.8 Å². The average molecular weight is 342 g/mol. The Morgan fingerprint density at radius 2 is 1.84 bits per heavy atom. The summed E-state index contributed by atoms with van der Waals surface area (Å²) in [6.45, 7) is 4.61. The number of nitrogens with zero attached hydrogens (tertiary/aromatic N) is 2. The van der Waals surface area contributed by atoms with Crippen LogP contribution < -0.4 is 20.1 Å². The monoisotopic (exact) mass is 342 g/mol. The van der Waals surface area contributed by atoms with E-state index < -0.39 is 0 Å². The lowest BCUT2D eigenvalue weighted by Gasteiger charge is -2.11.